The van der Waals surface area contributed by atoms with E-state index in [2.05, 4.69) is 4.98 Å². The van der Waals surface area contributed by atoms with E-state index >= 15 is 0 Å². The van der Waals surface area contributed by atoms with Crippen molar-refractivity contribution in [3.05, 3.63) is 82.5 Å². The van der Waals surface area contributed by atoms with Crippen LogP contribution in [0.25, 0.3) is 6.08 Å². The van der Waals surface area contributed by atoms with Crippen LogP contribution in [-0.4, -0.2) is 27.5 Å². The maximum absolute atomic E-state index is 12.9. The fraction of sp³-hybridized carbons (Fsp3) is 0.150. The Balaban J connectivity index is 1.59. The first kappa shape index (κ1) is 16.8. The first-order valence-electron chi connectivity index (χ1n) is 8.53. The molecule has 0 unspecified atom stereocenters. The predicted molar refractivity (Wildman–Crippen MR) is 102 cm³/mol. The van der Waals surface area contributed by atoms with Crippen molar-refractivity contribution in [3.63, 3.8) is 0 Å². The van der Waals surface area contributed by atoms with Crippen LogP contribution in [0.15, 0.2) is 65.5 Å². The summed E-state index contributed by atoms with van der Waals surface area (Å²) in [5, 5.41) is 0. The van der Waals surface area contributed by atoms with E-state index in [1.54, 1.807) is 18.1 Å². The Hall–Kier alpha value is -3.61. The molecule has 7 nitrogen and oxygen atoms in total. The molecule has 1 aliphatic heterocycles. The Bertz CT molecular complexity index is 1070. The predicted octanol–water partition coefficient (Wildman–Crippen LogP) is 2.76. The van der Waals surface area contributed by atoms with E-state index in [0.717, 1.165) is 5.56 Å². The van der Waals surface area contributed by atoms with Crippen LogP contribution in [0.5, 0.6) is 5.75 Å². The molecular weight excluding hydrogens is 344 g/mol. The molecule has 0 saturated heterocycles. The van der Waals surface area contributed by atoms with Crippen LogP contribution in [0.3, 0.4) is 0 Å². The van der Waals surface area contributed by atoms with Crippen molar-refractivity contribution in [2.45, 2.75) is 13.1 Å². The van der Waals surface area contributed by atoms with Gasteiger partial charge in [-0.05, 0) is 17.7 Å². The Kier molecular flexibility index (Phi) is 4.33. The highest BCUT2D eigenvalue weighted by Crippen LogP contribution is 2.26. The minimum absolute atomic E-state index is 0.247. The summed E-state index contributed by atoms with van der Waals surface area (Å²) >= 11 is 0. The van der Waals surface area contributed by atoms with Crippen LogP contribution >= 0.6 is 0 Å². The first-order valence-corrected chi connectivity index (χ1v) is 8.53. The molecule has 0 radical (unpaired) electrons. The number of fused-ring (bicyclic) bond motifs is 1. The summed E-state index contributed by atoms with van der Waals surface area (Å²) in [5.41, 5.74) is 1.29. The van der Waals surface area contributed by atoms with Gasteiger partial charge in [-0.3, -0.25) is 4.90 Å². The number of benzene rings is 2. The zero-order valence-electron chi connectivity index (χ0n) is 14.8. The molecule has 1 amide bonds. The highest BCUT2D eigenvalue weighted by atomic mass is 16.5. The van der Waals surface area contributed by atoms with Crippen LogP contribution < -0.4 is 15.3 Å². The van der Waals surface area contributed by atoms with Crippen LogP contribution in [0.2, 0.25) is 0 Å². The molecule has 2 aromatic carbocycles. The summed E-state index contributed by atoms with van der Waals surface area (Å²) in [5.74, 6) is 1.09. The van der Waals surface area contributed by atoms with E-state index in [-0.39, 0.29) is 19.1 Å². The summed E-state index contributed by atoms with van der Waals surface area (Å²) in [6.07, 6.45) is 3.75. The molecule has 0 saturated carbocycles. The standard InChI is InChI=1S/C20H18N4O3/c1-27-17-11-5-10-16(13-17)22-14-18-21-19(25)23(24(18)20(22)26)12-6-9-15-7-3-2-4-8-15/h2-11,13H,12,14H2,1H3/b9-6+. The molecule has 0 N–H and O–H groups in total. The second-order valence-corrected chi connectivity index (χ2v) is 6.09. The lowest BCUT2D eigenvalue weighted by atomic mass is 10.2. The summed E-state index contributed by atoms with van der Waals surface area (Å²) in [4.78, 5) is 30.7. The maximum atomic E-state index is 12.9. The summed E-state index contributed by atoms with van der Waals surface area (Å²) in [7, 11) is 1.58. The Labute approximate surface area is 155 Å². The van der Waals surface area contributed by atoms with Crippen LogP contribution in [-0.2, 0) is 13.1 Å². The number of hydrogen-bond donors (Lipinski definition) is 0. The minimum Gasteiger partial charge on any atom is -0.497 e. The molecule has 0 bridgehead atoms. The fourth-order valence-corrected chi connectivity index (χ4v) is 3.07. The molecule has 1 aliphatic rings. The third kappa shape index (κ3) is 3.15. The number of rotatable bonds is 5. The highest BCUT2D eigenvalue weighted by molar-refractivity contribution is 5.95. The van der Waals surface area contributed by atoms with Gasteiger partial charge in [0.1, 0.15) is 5.75 Å². The van der Waals surface area contributed by atoms with Crippen molar-refractivity contribution >= 4 is 17.8 Å². The third-order valence-corrected chi connectivity index (χ3v) is 4.40. The molecule has 0 fully saturated rings. The van der Waals surface area contributed by atoms with E-state index < -0.39 is 5.69 Å². The van der Waals surface area contributed by atoms with Crippen molar-refractivity contribution in [2.24, 2.45) is 0 Å². The Morgan fingerprint density at radius 3 is 2.70 bits per heavy atom. The van der Waals surface area contributed by atoms with Crippen molar-refractivity contribution in [2.75, 3.05) is 12.0 Å². The van der Waals surface area contributed by atoms with E-state index in [4.69, 9.17) is 4.74 Å². The third-order valence-electron chi connectivity index (χ3n) is 4.40. The van der Waals surface area contributed by atoms with Crippen molar-refractivity contribution in [1.82, 2.24) is 14.3 Å². The summed E-state index contributed by atoms with van der Waals surface area (Å²) in [6.45, 7) is 0.509. The average Bonchev–Trinajstić information content (AvgIpc) is 3.18. The Morgan fingerprint density at radius 1 is 1.11 bits per heavy atom. The number of anilines is 1. The number of methoxy groups -OCH3 is 1. The highest BCUT2D eigenvalue weighted by Gasteiger charge is 2.33. The maximum Gasteiger partial charge on any atom is 0.364 e. The number of carbonyl (C=O) groups is 1. The second kappa shape index (κ2) is 6.95. The van der Waals surface area contributed by atoms with Gasteiger partial charge in [-0.1, -0.05) is 48.6 Å². The first-order chi connectivity index (χ1) is 13.2. The fourth-order valence-electron chi connectivity index (χ4n) is 3.07. The van der Waals surface area contributed by atoms with E-state index in [1.165, 1.54) is 9.36 Å². The van der Waals surface area contributed by atoms with Crippen LogP contribution in [0.1, 0.15) is 11.4 Å². The molecule has 2 heterocycles. The molecule has 136 valence electrons. The van der Waals surface area contributed by atoms with Crippen molar-refractivity contribution < 1.29 is 9.53 Å². The monoisotopic (exact) mass is 362 g/mol. The van der Waals surface area contributed by atoms with Gasteiger partial charge in [-0.2, -0.15) is 9.67 Å². The molecule has 1 aromatic heterocycles. The molecule has 4 rings (SSSR count). The van der Waals surface area contributed by atoms with E-state index in [1.807, 2.05) is 60.7 Å². The number of aromatic nitrogens is 3. The molecule has 7 heteroatoms. The van der Waals surface area contributed by atoms with Gasteiger partial charge in [-0.15, -0.1) is 0 Å². The lowest BCUT2D eigenvalue weighted by Crippen LogP contribution is -2.33. The summed E-state index contributed by atoms with van der Waals surface area (Å²) < 4.78 is 7.91. The molecule has 0 atom stereocenters. The van der Waals surface area contributed by atoms with Gasteiger partial charge < -0.3 is 4.74 Å². The van der Waals surface area contributed by atoms with Gasteiger partial charge in [-0.25, -0.2) is 14.3 Å². The normalized spacial score (nSPS) is 13.4. The molecular formula is C20H18N4O3. The smallest absolute Gasteiger partial charge is 0.364 e. The number of carbonyl (C=O) groups excluding carboxylic acids is 1. The van der Waals surface area contributed by atoms with E-state index in [9.17, 15) is 9.59 Å². The number of hydrogen-bond acceptors (Lipinski definition) is 4. The van der Waals surface area contributed by atoms with Gasteiger partial charge in [0, 0.05) is 11.8 Å². The quantitative estimate of drug-likeness (QED) is 0.700. The van der Waals surface area contributed by atoms with E-state index in [0.29, 0.717) is 17.3 Å². The van der Waals surface area contributed by atoms with Crippen molar-refractivity contribution in [1.29, 1.82) is 0 Å². The van der Waals surface area contributed by atoms with Crippen molar-refractivity contribution in [3.8, 4) is 5.75 Å². The second-order valence-electron chi connectivity index (χ2n) is 6.09. The lowest BCUT2D eigenvalue weighted by Gasteiger charge is -2.16. The van der Waals surface area contributed by atoms with Gasteiger partial charge in [0.2, 0.25) is 0 Å². The van der Waals surface area contributed by atoms with Gasteiger partial charge in [0.25, 0.3) is 0 Å². The number of allylic oxidation sites excluding steroid dienone is 1. The average molecular weight is 362 g/mol. The topological polar surface area (TPSA) is 69.4 Å². The number of nitrogens with zero attached hydrogens (tertiary/aromatic N) is 4. The van der Waals surface area contributed by atoms with Gasteiger partial charge in [0.15, 0.2) is 5.82 Å². The van der Waals surface area contributed by atoms with Crippen LogP contribution in [0, 0.1) is 0 Å². The van der Waals surface area contributed by atoms with Crippen LogP contribution in [0.4, 0.5) is 10.5 Å². The molecule has 0 spiro atoms. The zero-order chi connectivity index (χ0) is 18.8. The lowest BCUT2D eigenvalue weighted by molar-refractivity contribution is 0.244. The SMILES string of the molecule is COc1cccc(N2Cc3nc(=O)n(C/C=C/c4ccccc4)n3C2=O)c1. The van der Waals surface area contributed by atoms with Gasteiger partial charge in [0.05, 0.1) is 20.2 Å². The molecule has 27 heavy (non-hydrogen) atoms. The number of amides is 1. The zero-order valence-corrected chi connectivity index (χ0v) is 14.8. The molecule has 3 aromatic rings. The number of ether oxygens (including phenoxy) is 1. The minimum atomic E-state index is -0.429. The largest absolute Gasteiger partial charge is 0.497 e. The Morgan fingerprint density at radius 2 is 1.93 bits per heavy atom. The summed E-state index contributed by atoms with van der Waals surface area (Å²) in [6, 6.07) is 16.7. The molecule has 0 aliphatic carbocycles. The van der Waals surface area contributed by atoms with Gasteiger partial charge >= 0.3 is 11.7 Å².